The van der Waals surface area contributed by atoms with Gasteiger partial charge in [0.05, 0.1) is 7.11 Å². The molecule has 28 heavy (non-hydrogen) atoms. The van der Waals surface area contributed by atoms with Crippen molar-refractivity contribution in [1.29, 1.82) is 0 Å². The van der Waals surface area contributed by atoms with Crippen molar-refractivity contribution in [2.45, 2.75) is 13.0 Å². The summed E-state index contributed by atoms with van der Waals surface area (Å²) in [6.07, 6.45) is 0.407. The van der Waals surface area contributed by atoms with Crippen molar-refractivity contribution in [3.05, 3.63) is 83.3 Å². The molecule has 2 aromatic carbocycles. The lowest BCUT2D eigenvalue weighted by Crippen LogP contribution is -2.27. The van der Waals surface area contributed by atoms with Crippen LogP contribution in [0.5, 0.6) is 5.75 Å². The molecule has 3 aromatic rings. The maximum atomic E-state index is 13.6. The largest absolute Gasteiger partial charge is 0.496 e. The van der Waals surface area contributed by atoms with Crippen molar-refractivity contribution in [2.24, 2.45) is 0 Å². The summed E-state index contributed by atoms with van der Waals surface area (Å²) in [5.41, 5.74) is 1.75. The Bertz CT molecular complexity index is 932. The van der Waals surface area contributed by atoms with E-state index in [9.17, 15) is 9.18 Å². The third-order valence-corrected chi connectivity index (χ3v) is 4.19. The number of para-hydroxylation sites is 1. The Morgan fingerprint density at radius 3 is 2.46 bits per heavy atom. The molecule has 0 atom stereocenters. The standard InChI is InChI=1S/C21H21FN4O2/c1-28-19-9-5-3-7-16(19)14-24-20-11-10-18(25-26-20)21(27)23-13-12-15-6-2-4-8-17(15)22/h2-11H,12-14H2,1H3,(H,23,27)(H,24,26). The first-order valence-electron chi connectivity index (χ1n) is 8.88. The van der Waals surface area contributed by atoms with Gasteiger partial charge in [0, 0.05) is 18.7 Å². The zero-order valence-corrected chi connectivity index (χ0v) is 15.5. The molecule has 1 amide bonds. The number of rotatable bonds is 8. The van der Waals surface area contributed by atoms with Gasteiger partial charge in [-0.25, -0.2) is 4.39 Å². The number of anilines is 1. The number of nitrogens with zero attached hydrogens (tertiary/aromatic N) is 2. The van der Waals surface area contributed by atoms with E-state index in [0.29, 0.717) is 30.9 Å². The third-order valence-electron chi connectivity index (χ3n) is 4.19. The van der Waals surface area contributed by atoms with Gasteiger partial charge in [0.25, 0.3) is 5.91 Å². The van der Waals surface area contributed by atoms with Crippen LogP contribution in [0.3, 0.4) is 0 Å². The molecule has 0 bridgehead atoms. The van der Waals surface area contributed by atoms with Crippen LogP contribution in [0.2, 0.25) is 0 Å². The van der Waals surface area contributed by atoms with Crippen LogP contribution in [0.4, 0.5) is 10.2 Å². The van der Waals surface area contributed by atoms with E-state index in [1.807, 2.05) is 24.3 Å². The SMILES string of the molecule is COc1ccccc1CNc1ccc(C(=O)NCCc2ccccc2F)nn1. The van der Waals surface area contributed by atoms with E-state index in [-0.39, 0.29) is 17.4 Å². The first kappa shape index (κ1) is 19.3. The number of hydrogen-bond acceptors (Lipinski definition) is 5. The molecule has 0 aliphatic rings. The highest BCUT2D eigenvalue weighted by Crippen LogP contribution is 2.18. The van der Waals surface area contributed by atoms with Crippen LogP contribution in [-0.2, 0) is 13.0 Å². The lowest BCUT2D eigenvalue weighted by Gasteiger charge is -2.10. The van der Waals surface area contributed by atoms with Gasteiger partial charge in [0.2, 0.25) is 0 Å². The van der Waals surface area contributed by atoms with E-state index in [2.05, 4.69) is 20.8 Å². The molecule has 7 heteroatoms. The first-order chi connectivity index (χ1) is 13.7. The topological polar surface area (TPSA) is 76.1 Å². The molecule has 3 rings (SSSR count). The summed E-state index contributed by atoms with van der Waals surface area (Å²) < 4.78 is 18.9. The van der Waals surface area contributed by atoms with Gasteiger partial charge in [-0.1, -0.05) is 36.4 Å². The van der Waals surface area contributed by atoms with Crippen LogP contribution < -0.4 is 15.4 Å². The molecule has 0 aliphatic heterocycles. The van der Waals surface area contributed by atoms with Gasteiger partial charge in [-0.2, -0.15) is 0 Å². The van der Waals surface area contributed by atoms with Crippen LogP contribution in [0, 0.1) is 5.82 Å². The molecule has 0 fully saturated rings. The molecule has 144 valence electrons. The van der Waals surface area contributed by atoms with Gasteiger partial charge in [-0.3, -0.25) is 4.79 Å². The minimum Gasteiger partial charge on any atom is -0.496 e. The number of carbonyl (C=O) groups is 1. The van der Waals surface area contributed by atoms with E-state index in [4.69, 9.17) is 4.74 Å². The molecule has 2 N–H and O–H groups in total. The highest BCUT2D eigenvalue weighted by Gasteiger charge is 2.09. The second-order valence-electron chi connectivity index (χ2n) is 6.07. The Labute approximate surface area is 162 Å². The van der Waals surface area contributed by atoms with E-state index in [1.165, 1.54) is 6.07 Å². The van der Waals surface area contributed by atoms with E-state index in [0.717, 1.165) is 11.3 Å². The summed E-state index contributed by atoms with van der Waals surface area (Å²) >= 11 is 0. The van der Waals surface area contributed by atoms with Crippen molar-refractivity contribution < 1.29 is 13.9 Å². The van der Waals surface area contributed by atoms with Gasteiger partial charge >= 0.3 is 0 Å². The second kappa shape index (κ2) is 9.45. The molecule has 0 unspecified atom stereocenters. The lowest BCUT2D eigenvalue weighted by molar-refractivity contribution is 0.0948. The molecule has 0 aliphatic carbocycles. The molecule has 6 nitrogen and oxygen atoms in total. The van der Waals surface area contributed by atoms with Crippen molar-refractivity contribution in [1.82, 2.24) is 15.5 Å². The Balaban J connectivity index is 1.50. The maximum absolute atomic E-state index is 13.6. The number of ether oxygens (including phenoxy) is 1. The fraction of sp³-hybridized carbons (Fsp3) is 0.190. The molecule has 0 spiro atoms. The van der Waals surface area contributed by atoms with Crippen LogP contribution in [0.1, 0.15) is 21.6 Å². The number of nitrogens with one attached hydrogen (secondary N) is 2. The van der Waals surface area contributed by atoms with E-state index >= 15 is 0 Å². The van der Waals surface area contributed by atoms with Gasteiger partial charge in [-0.15, -0.1) is 10.2 Å². The van der Waals surface area contributed by atoms with Crippen LogP contribution >= 0.6 is 0 Å². The average Bonchev–Trinajstić information content (AvgIpc) is 2.74. The highest BCUT2D eigenvalue weighted by atomic mass is 19.1. The molecule has 1 aromatic heterocycles. The molecule has 0 saturated carbocycles. The fourth-order valence-corrected chi connectivity index (χ4v) is 2.68. The Morgan fingerprint density at radius 2 is 1.75 bits per heavy atom. The summed E-state index contributed by atoms with van der Waals surface area (Å²) in [5.74, 6) is 0.713. The predicted molar refractivity (Wildman–Crippen MR) is 105 cm³/mol. The number of hydrogen-bond donors (Lipinski definition) is 2. The summed E-state index contributed by atoms with van der Waals surface area (Å²) in [6, 6.07) is 17.5. The highest BCUT2D eigenvalue weighted by molar-refractivity contribution is 5.92. The molecular formula is C21H21FN4O2. The minimum atomic E-state index is -0.347. The molecule has 0 radical (unpaired) electrons. The normalized spacial score (nSPS) is 10.4. The van der Waals surface area contributed by atoms with Crippen molar-refractivity contribution in [2.75, 3.05) is 19.0 Å². The number of halogens is 1. The number of benzene rings is 2. The zero-order chi connectivity index (χ0) is 19.8. The van der Waals surface area contributed by atoms with Crippen molar-refractivity contribution in [3.8, 4) is 5.75 Å². The third kappa shape index (κ3) is 5.03. The van der Waals surface area contributed by atoms with E-state index in [1.54, 1.807) is 37.4 Å². The fourth-order valence-electron chi connectivity index (χ4n) is 2.68. The predicted octanol–water partition coefficient (Wildman–Crippen LogP) is 3.21. The number of amides is 1. The second-order valence-corrected chi connectivity index (χ2v) is 6.07. The van der Waals surface area contributed by atoms with Crippen LogP contribution in [0.25, 0.3) is 0 Å². The van der Waals surface area contributed by atoms with Crippen molar-refractivity contribution >= 4 is 11.7 Å². The first-order valence-corrected chi connectivity index (χ1v) is 8.88. The Hall–Kier alpha value is -3.48. The Kier molecular flexibility index (Phi) is 6.51. The van der Waals surface area contributed by atoms with Crippen LogP contribution in [0.15, 0.2) is 60.7 Å². The monoisotopic (exact) mass is 380 g/mol. The summed E-state index contributed by atoms with van der Waals surface area (Å²) in [5, 5.41) is 13.8. The van der Waals surface area contributed by atoms with Crippen LogP contribution in [-0.4, -0.2) is 29.8 Å². The summed E-state index contributed by atoms with van der Waals surface area (Å²) in [7, 11) is 1.62. The number of aromatic nitrogens is 2. The lowest BCUT2D eigenvalue weighted by atomic mass is 10.1. The zero-order valence-electron chi connectivity index (χ0n) is 15.5. The minimum absolute atomic E-state index is 0.205. The molecular weight excluding hydrogens is 359 g/mol. The van der Waals surface area contributed by atoms with Gasteiger partial charge < -0.3 is 15.4 Å². The summed E-state index contributed by atoms with van der Waals surface area (Å²) in [4.78, 5) is 12.1. The molecule has 1 heterocycles. The van der Waals surface area contributed by atoms with Crippen molar-refractivity contribution in [3.63, 3.8) is 0 Å². The maximum Gasteiger partial charge on any atom is 0.271 e. The van der Waals surface area contributed by atoms with Gasteiger partial charge in [-0.05, 0) is 36.2 Å². The van der Waals surface area contributed by atoms with Gasteiger partial charge in [0.15, 0.2) is 5.69 Å². The average molecular weight is 380 g/mol. The summed E-state index contributed by atoms with van der Waals surface area (Å²) in [6.45, 7) is 0.835. The number of methoxy groups -OCH3 is 1. The quantitative estimate of drug-likeness (QED) is 0.628. The molecule has 0 saturated heterocycles. The Morgan fingerprint density at radius 1 is 1.00 bits per heavy atom. The van der Waals surface area contributed by atoms with Gasteiger partial charge in [0.1, 0.15) is 17.4 Å². The number of carbonyl (C=O) groups excluding carboxylic acids is 1. The van der Waals surface area contributed by atoms with E-state index < -0.39 is 0 Å². The smallest absolute Gasteiger partial charge is 0.271 e.